The lowest BCUT2D eigenvalue weighted by atomic mass is 10.0. The molecule has 1 atom stereocenters. The van der Waals surface area contributed by atoms with E-state index in [0.717, 1.165) is 0 Å². The molecule has 0 aromatic heterocycles. The van der Waals surface area contributed by atoms with Gasteiger partial charge in [0.2, 0.25) is 5.91 Å². The molecule has 0 spiro atoms. The molecule has 1 fully saturated rings. The van der Waals surface area contributed by atoms with Crippen molar-refractivity contribution in [3.05, 3.63) is 0 Å². The molecule has 0 aromatic carbocycles. The maximum atomic E-state index is 12.0. The van der Waals surface area contributed by atoms with Gasteiger partial charge in [-0.15, -0.1) is 0 Å². The quantitative estimate of drug-likeness (QED) is 0.683. The van der Waals surface area contributed by atoms with E-state index < -0.39 is 6.98 Å². The van der Waals surface area contributed by atoms with Crippen molar-refractivity contribution in [1.29, 1.82) is 0 Å². The zero-order valence-corrected chi connectivity index (χ0v) is 11.1. The number of hydrogen-bond acceptors (Lipinski definition) is 4. The second-order valence-corrected chi connectivity index (χ2v) is 4.68. The molecule has 0 aliphatic carbocycles. The first kappa shape index (κ1) is 10.8. The van der Waals surface area contributed by atoms with Gasteiger partial charge in [0.25, 0.3) is 0 Å². The Kier molecular flexibility index (Phi) is 4.41. The van der Waals surface area contributed by atoms with Gasteiger partial charge in [-0.25, -0.2) is 0 Å². The molecule has 0 radical (unpaired) electrons. The van der Waals surface area contributed by atoms with E-state index in [0.29, 0.717) is 45.4 Å². The second kappa shape index (κ2) is 7.36. The average molecular weight is 259 g/mol. The highest BCUT2D eigenvalue weighted by molar-refractivity contribution is 5.76. The van der Waals surface area contributed by atoms with Crippen molar-refractivity contribution < 1.29 is 18.4 Å². The molecule has 0 aromatic rings. The molecular formula is C13H24N2O3. The van der Waals surface area contributed by atoms with Crippen LogP contribution in [0.3, 0.4) is 0 Å². The lowest BCUT2D eigenvalue weighted by Crippen LogP contribution is -2.47. The van der Waals surface area contributed by atoms with Crippen molar-refractivity contribution in [2.75, 3.05) is 40.3 Å². The van der Waals surface area contributed by atoms with Gasteiger partial charge >= 0.3 is 5.97 Å². The number of nitrogens with zero attached hydrogens (tertiary/aromatic N) is 2. The largest absolute Gasteiger partial charge is 0.469 e. The highest BCUT2D eigenvalue weighted by atomic mass is 16.5. The van der Waals surface area contributed by atoms with Crippen molar-refractivity contribution >= 4 is 11.9 Å². The van der Waals surface area contributed by atoms with E-state index in [-0.39, 0.29) is 17.8 Å². The molecule has 0 bridgehead atoms. The van der Waals surface area contributed by atoms with Crippen molar-refractivity contribution in [2.24, 2.45) is 5.92 Å². The fraction of sp³-hybridized carbons (Fsp3) is 0.846. The Morgan fingerprint density at radius 2 is 2.00 bits per heavy atom. The summed E-state index contributed by atoms with van der Waals surface area (Å²) in [7, 11) is 1.36. The average Bonchev–Trinajstić information content (AvgIpc) is 2.45. The number of esters is 1. The van der Waals surface area contributed by atoms with E-state index in [4.69, 9.17) is 4.11 Å². The summed E-state index contributed by atoms with van der Waals surface area (Å²) in [5.41, 5.74) is 0. The number of likely N-dealkylation sites (N-methyl/N-ethyl adjacent to an activating group) is 1. The minimum atomic E-state index is -2.08. The molecule has 1 amide bonds. The zero-order valence-electron chi connectivity index (χ0n) is 14.1. The van der Waals surface area contributed by atoms with Crippen LogP contribution in [0, 0.1) is 5.92 Å². The van der Waals surface area contributed by atoms with Gasteiger partial charge in [-0.1, -0.05) is 6.92 Å². The first-order valence-corrected chi connectivity index (χ1v) is 6.36. The number of carbonyl (C=O) groups excluding carboxylic acids is 2. The van der Waals surface area contributed by atoms with Crippen LogP contribution in [0.4, 0.5) is 0 Å². The Balaban J connectivity index is 2.27. The summed E-state index contributed by atoms with van der Waals surface area (Å²) >= 11 is 0. The summed E-state index contributed by atoms with van der Waals surface area (Å²) in [5.74, 6) is -0.429. The Bertz CT molecular complexity index is 366. The molecule has 0 saturated carbocycles. The molecule has 1 unspecified atom stereocenters. The Morgan fingerprint density at radius 1 is 1.33 bits per heavy atom. The standard InChI is InChI=1S/C13H24N2O3/c1-11(13(17)18-3)5-4-6-12(16)15-9-7-14(2)8-10-15/h11H,4-10H2,1-3H3/i2D3. The highest BCUT2D eigenvalue weighted by Crippen LogP contribution is 2.11. The summed E-state index contributed by atoms with van der Waals surface area (Å²) in [4.78, 5) is 26.4. The fourth-order valence-corrected chi connectivity index (χ4v) is 1.99. The van der Waals surface area contributed by atoms with Crippen molar-refractivity contribution in [2.45, 2.75) is 26.2 Å². The molecule has 5 nitrogen and oxygen atoms in total. The highest BCUT2D eigenvalue weighted by Gasteiger charge is 2.19. The number of methoxy groups -OCH3 is 1. The molecule has 104 valence electrons. The Hall–Kier alpha value is -1.10. The van der Waals surface area contributed by atoms with Gasteiger partial charge in [-0.05, 0) is 19.8 Å². The van der Waals surface area contributed by atoms with Crippen molar-refractivity contribution in [3.63, 3.8) is 0 Å². The van der Waals surface area contributed by atoms with E-state index in [1.54, 1.807) is 11.8 Å². The molecule has 1 aliphatic rings. The van der Waals surface area contributed by atoms with Gasteiger partial charge in [-0.3, -0.25) is 9.59 Å². The molecule has 0 N–H and O–H groups in total. The van der Waals surface area contributed by atoms with Crippen LogP contribution in [0.15, 0.2) is 0 Å². The molecule has 18 heavy (non-hydrogen) atoms. The fourth-order valence-electron chi connectivity index (χ4n) is 1.99. The van der Waals surface area contributed by atoms with E-state index in [2.05, 4.69) is 4.74 Å². The van der Waals surface area contributed by atoms with Crippen molar-refractivity contribution in [1.82, 2.24) is 9.80 Å². The minimum absolute atomic E-state index is 0.0252. The number of hydrogen-bond donors (Lipinski definition) is 0. The monoisotopic (exact) mass is 259 g/mol. The Morgan fingerprint density at radius 3 is 2.56 bits per heavy atom. The van der Waals surface area contributed by atoms with Gasteiger partial charge in [0.05, 0.1) is 13.0 Å². The molecule has 1 heterocycles. The lowest BCUT2D eigenvalue weighted by Gasteiger charge is -2.32. The third-order valence-corrected chi connectivity index (χ3v) is 3.26. The summed E-state index contributed by atoms with van der Waals surface area (Å²) < 4.78 is 26.6. The predicted molar refractivity (Wildman–Crippen MR) is 69.1 cm³/mol. The second-order valence-electron chi connectivity index (χ2n) is 4.68. The van der Waals surface area contributed by atoms with Crippen LogP contribution < -0.4 is 0 Å². The normalized spacial score (nSPS) is 21.7. The molecule has 5 heteroatoms. The summed E-state index contributed by atoms with van der Waals surface area (Å²) in [6.07, 6.45) is 1.64. The lowest BCUT2D eigenvalue weighted by molar-refractivity contribution is -0.145. The van der Waals surface area contributed by atoms with Gasteiger partial charge in [0.15, 0.2) is 0 Å². The van der Waals surface area contributed by atoms with Crippen LogP contribution in [-0.2, 0) is 14.3 Å². The van der Waals surface area contributed by atoms with Crippen LogP contribution in [0.25, 0.3) is 0 Å². The van der Waals surface area contributed by atoms with Gasteiger partial charge in [0.1, 0.15) is 0 Å². The first-order valence-electron chi connectivity index (χ1n) is 7.86. The van der Waals surface area contributed by atoms with E-state index in [1.165, 1.54) is 12.0 Å². The van der Waals surface area contributed by atoms with Crippen molar-refractivity contribution in [3.8, 4) is 0 Å². The third-order valence-electron chi connectivity index (χ3n) is 3.26. The van der Waals surface area contributed by atoms with Crippen LogP contribution in [0.1, 0.15) is 30.3 Å². The minimum Gasteiger partial charge on any atom is -0.469 e. The van der Waals surface area contributed by atoms with Gasteiger partial charge in [-0.2, -0.15) is 0 Å². The van der Waals surface area contributed by atoms with Crippen LogP contribution in [-0.4, -0.2) is 61.9 Å². The SMILES string of the molecule is [2H]C([2H])([2H])N1CCN(C(=O)CCCC(C)C(=O)OC)CC1. The van der Waals surface area contributed by atoms with Gasteiger partial charge < -0.3 is 14.5 Å². The Labute approximate surface area is 113 Å². The summed E-state index contributed by atoms with van der Waals surface area (Å²) in [5, 5.41) is 0. The summed E-state index contributed by atoms with van der Waals surface area (Å²) in [6, 6.07) is 0. The smallest absolute Gasteiger partial charge is 0.308 e. The van der Waals surface area contributed by atoms with E-state index in [1.807, 2.05) is 0 Å². The van der Waals surface area contributed by atoms with E-state index in [9.17, 15) is 9.59 Å². The van der Waals surface area contributed by atoms with Crippen LogP contribution in [0.2, 0.25) is 0 Å². The predicted octanol–water partition coefficient (Wildman–Crippen LogP) is 0.740. The first-order chi connectivity index (χ1) is 9.75. The zero-order chi connectivity index (χ0) is 16.0. The molecule has 1 rings (SSSR count). The van der Waals surface area contributed by atoms with Crippen LogP contribution in [0.5, 0.6) is 0 Å². The van der Waals surface area contributed by atoms with E-state index >= 15 is 0 Å². The van der Waals surface area contributed by atoms with Gasteiger partial charge in [0, 0.05) is 36.7 Å². The third kappa shape index (κ3) is 4.64. The number of amides is 1. The number of carbonyl (C=O) groups is 2. The summed E-state index contributed by atoms with van der Waals surface area (Å²) in [6.45, 7) is 1.35. The maximum absolute atomic E-state index is 12.0. The molecular weight excluding hydrogens is 232 g/mol. The number of piperazine rings is 1. The van der Waals surface area contributed by atoms with Crippen LogP contribution >= 0.6 is 0 Å². The number of ether oxygens (including phenoxy) is 1. The maximum Gasteiger partial charge on any atom is 0.308 e. The molecule has 1 aliphatic heterocycles. The number of rotatable bonds is 5. The topological polar surface area (TPSA) is 49.9 Å². The molecule has 1 saturated heterocycles.